The van der Waals surface area contributed by atoms with Crippen LogP contribution in [0.3, 0.4) is 0 Å². The Morgan fingerprint density at radius 3 is 2.35 bits per heavy atom. The maximum atomic E-state index is 5.33. The molecule has 2 aromatic heterocycles. The molecule has 0 atom stereocenters. The molecule has 0 saturated carbocycles. The highest BCUT2D eigenvalue weighted by Crippen LogP contribution is 2.28. The number of hydrogen-bond donors (Lipinski definition) is 1. The van der Waals surface area contributed by atoms with Crippen LogP contribution in [-0.2, 0) is 0 Å². The van der Waals surface area contributed by atoms with Crippen LogP contribution in [0.25, 0.3) is 22.6 Å². The standard InChI is InChI=1S/C15H14N4O/c1-10-9-14(19-16-10)13-8-7-12(17-18-13)11-5-3-4-6-15(11)20-2/h3-9H,1-2H3,(H,16,19). The molecule has 1 N–H and O–H groups in total. The first-order valence-corrected chi connectivity index (χ1v) is 6.27. The fourth-order valence-corrected chi connectivity index (χ4v) is 2.02. The molecular weight excluding hydrogens is 252 g/mol. The van der Waals surface area contributed by atoms with E-state index in [4.69, 9.17) is 4.74 Å². The normalized spacial score (nSPS) is 10.5. The predicted octanol–water partition coefficient (Wildman–Crippen LogP) is 2.85. The summed E-state index contributed by atoms with van der Waals surface area (Å²) in [5, 5.41) is 15.5. The van der Waals surface area contributed by atoms with Crippen molar-refractivity contribution in [3.8, 4) is 28.4 Å². The molecule has 3 aromatic rings. The number of para-hydroxylation sites is 1. The molecular formula is C15H14N4O. The van der Waals surface area contributed by atoms with E-state index in [1.54, 1.807) is 7.11 Å². The van der Waals surface area contributed by atoms with E-state index in [0.717, 1.165) is 34.1 Å². The van der Waals surface area contributed by atoms with Crippen LogP contribution < -0.4 is 4.74 Å². The Kier molecular flexibility index (Phi) is 3.16. The van der Waals surface area contributed by atoms with Gasteiger partial charge in [0.1, 0.15) is 17.1 Å². The van der Waals surface area contributed by atoms with E-state index in [-0.39, 0.29) is 0 Å². The minimum Gasteiger partial charge on any atom is -0.496 e. The van der Waals surface area contributed by atoms with Gasteiger partial charge in [0, 0.05) is 11.3 Å². The minimum absolute atomic E-state index is 0.744. The SMILES string of the molecule is COc1ccccc1-c1ccc(-c2cc(C)[nH]n2)nn1. The lowest BCUT2D eigenvalue weighted by atomic mass is 10.1. The summed E-state index contributed by atoms with van der Waals surface area (Å²) in [5.74, 6) is 0.783. The van der Waals surface area contributed by atoms with Gasteiger partial charge in [-0.2, -0.15) is 5.10 Å². The summed E-state index contributed by atoms with van der Waals surface area (Å²) in [5.41, 5.74) is 4.23. The molecule has 0 aliphatic heterocycles. The number of nitrogens with one attached hydrogen (secondary N) is 1. The zero-order valence-corrected chi connectivity index (χ0v) is 11.3. The number of ether oxygens (including phenoxy) is 1. The zero-order chi connectivity index (χ0) is 13.9. The molecule has 0 unspecified atom stereocenters. The Labute approximate surface area is 116 Å². The molecule has 0 radical (unpaired) electrons. The molecule has 0 aliphatic carbocycles. The molecule has 20 heavy (non-hydrogen) atoms. The van der Waals surface area contributed by atoms with Crippen LogP contribution in [0.4, 0.5) is 0 Å². The maximum Gasteiger partial charge on any atom is 0.128 e. The number of benzene rings is 1. The van der Waals surface area contributed by atoms with Gasteiger partial charge < -0.3 is 4.74 Å². The summed E-state index contributed by atoms with van der Waals surface area (Å²) in [7, 11) is 1.65. The molecule has 5 heteroatoms. The zero-order valence-electron chi connectivity index (χ0n) is 11.3. The summed E-state index contributed by atoms with van der Waals surface area (Å²) in [6, 6.07) is 13.5. The first-order valence-electron chi connectivity index (χ1n) is 6.27. The number of aromatic nitrogens is 4. The van der Waals surface area contributed by atoms with Gasteiger partial charge in [-0.1, -0.05) is 12.1 Å². The highest BCUT2D eigenvalue weighted by atomic mass is 16.5. The molecule has 3 rings (SSSR count). The molecule has 0 aliphatic rings. The second-order valence-electron chi connectivity index (χ2n) is 4.44. The smallest absolute Gasteiger partial charge is 0.128 e. The summed E-state index contributed by atoms with van der Waals surface area (Å²) >= 11 is 0. The lowest BCUT2D eigenvalue weighted by molar-refractivity contribution is 0.416. The van der Waals surface area contributed by atoms with Crippen molar-refractivity contribution in [3.63, 3.8) is 0 Å². The Morgan fingerprint density at radius 2 is 1.70 bits per heavy atom. The van der Waals surface area contributed by atoms with Crippen molar-refractivity contribution in [1.29, 1.82) is 0 Å². The summed E-state index contributed by atoms with van der Waals surface area (Å²) < 4.78 is 5.33. The lowest BCUT2D eigenvalue weighted by Crippen LogP contribution is -1.93. The lowest BCUT2D eigenvalue weighted by Gasteiger charge is -2.06. The highest BCUT2D eigenvalue weighted by Gasteiger charge is 2.09. The number of rotatable bonds is 3. The van der Waals surface area contributed by atoms with Gasteiger partial charge in [0.25, 0.3) is 0 Å². The molecule has 100 valence electrons. The quantitative estimate of drug-likeness (QED) is 0.791. The van der Waals surface area contributed by atoms with Crippen LogP contribution in [0.15, 0.2) is 42.5 Å². The van der Waals surface area contributed by atoms with Gasteiger partial charge in [0.15, 0.2) is 0 Å². The number of H-pyrrole nitrogens is 1. The Bertz CT molecular complexity index is 719. The van der Waals surface area contributed by atoms with Gasteiger partial charge in [-0.15, -0.1) is 10.2 Å². The van der Waals surface area contributed by atoms with Crippen LogP contribution in [-0.4, -0.2) is 27.5 Å². The number of aryl methyl sites for hydroxylation is 1. The van der Waals surface area contributed by atoms with Crippen LogP contribution in [0.2, 0.25) is 0 Å². The summed E-state index contributed by atoms with van der Waals surface area (Å²) in [4.78, 5) is 0. The Balaban J connectivity index is 1.97. The number of nitrogens with zero attached hydrogens (tertiary/aromatic N) is 3. The van der Waals surface area contributed by atoms with E-state index in [2.05, 4.69) is 20.4 Å². The summed E-state index contributed by atoms with van der Waals surface area (Å²) in [6.45, 7) is 1.95. The maximum absolute atomic E-state index is 5.33. The van der Waals surface area contributed by atoms with Crippen molar-refractivity contribution in [2.45, 2.75) is 6.92 Å². The molecule has 2 heterocycles. The van der Waals surface area contributed by atoms with Crippen molar-refractivity contribution >= 4 is 0 Å². The third-order valence-electron chi connectivity index (χ3n) is 3.02. The van der Waals surface area contributed by atoms with Crippen LogP contribution in [0.5, 0.6) is 5.75 Å². The average molecular weight is 266 g/mol. The second kappa shape index (κ2) is 5.13. The molecule has 0 bridgehead atoms. The van der Waals surface area contributed by atoms with Gasteiger partial charge in [-0.25, -0.2) is 0 Å². The van der Waals surface area contributed by atoms with Gasteiger partial charge in [0.2, 0.25) is 0 Å². The molecule has 5 nitrogen and oxygen atoms in total. The monoisotopic (exact) mass is 266 g/mol. The van der Waals surface area contributed by atoms with Crippen LogP contribution in [0.1, 0.15) is 5.69 Å². The van der Waals surface area contributed by atoms with Gasteiger partial charge >= 0.3 is 0 Å². The Hall–Kier alpha value is -2.69. The third kappa shape index (κ3) is 2.25. The largest absolute Gasteiger partial charge is 0.496 e. The fourth-order valence-electron chi connectivity index (χ4n) is 2.02. The molecule has 0 saturated heterocycles. The second-order valence-corrected chi connectivity index (χ2v) is 4.44. The van der Waals surface area contributed by atoms with E-state index in [1.165, 1.54) is 0 Å². The highest BCUT2D eigenvalue weighted by molar-refractivity contribution is 5.68. The minimum atomic E-state index is 0.744. The van der Waals surface area contributed by atoms with Gasteiger partial charge in [-0.3, -0.25) is 5.10 Å². The van der Waals surface area contributed by atoms with E-state index in [1.807, 2.05) is 49.4 Å². The van der Waals surface area contributed by atoms with E-state index in [0.29, 0.717) is 0 Å². The third-order valence-corrected chi connectivity index (χ3v) is 3.02. The summed E-state index contributed by atoms with van der Waals surface area (Å²) in [6.07, 6.45) is 0. The van der Waals surface area contributed by atoms with Crippen LogP contribution >= 0.6 is 0 Å². The predicted molar refractivity (Wildman–Crippen MR) is 76.3 cm³/mol. The first-order chi connectivity index (χ1) is 9.78. The number of aromatic amines is 1. The van der Waals surface area contributed by atoms with Crippen molar-refractivity contribution in [3.05, 3.63) is 48.2 Å². The topological polar surface area (TPSA) is 63.7 Å². The van der Waals surface area contributed by atoms with Gasteiger partial charge in [0.05, 0.1) is 12.8 Å². The van der Waals surface area contributed by atoms with Crippen LogP contribution in [0, 0.1) is 6.92 Å². The number of hydrogen-bond acceptors (Lipinski definition) is 4. The molecule has 0 spiro atoms. The van der Waals surface area contributed by atoms with Crippen molar-refractivity contribution in [2.24, 2.45) is 0 Å². The van der Waals surface area contributed by atoms with E-state index < -0.39 is 0 Å². The van der Waals surface area contributed by atoms with E-state index >= 15 is 0 Å². The van der Waals surface area contributed by atoms with Crippen molar-refractivity contribution in [1.82, 2.24) is 20.4 Å². The van der Waals surface area contributed by atoms with E-state index in [9.17, 15) is 0 Å². The first kappa shape index (κ1) is 12.3. The van der Waals surface area contributed by atoms with Crippen molar-refractivity contribution < 1.29 is 4.74 Å². The van der Waals surface area contributed by atoms with Gasteiger partial charge in [-0.05, 0) is 37.3 Å². The van der Waals surface area contributed by atoms with Crippen molar-refractivity contribution in [2.75, 3.05) is 7.11 Å². The fraction of sp³-hybridized carbons (Fsp3) is 0.133. The molecule has 0 amide bonds. The molecule has 1 aromatic carbocycles. The Morgan fingerprint density at radius 1 is 0.950 bits per heavy atom. The number of methoxy groups -OCH3 is 1. The molecule has 0 fully saturated rings. The average Bonchev–Trinajstić information content (AvgIpc) is 2.94.